The molecule has 25 heavy (non-hydrogen) atoms. The Morgan fingerprint density at radius 3 is 1.36 bits per heavy atom. The van der Waals surface area contributed by atoms with Crippen molar-refractivity contribution < 1.29 is 4.79 Å². The zero-order valence-electron chi connectivity index (χ0n) is 17.6. The summed E-state index contributed by atoms with van der Waals surface area (Å²) in [5, 5.41) is 0. The smallest absolute Gasteiger partial charge is 0.142 e. The summed E-state index contributed by atoms with van der Waals surface area (Å²) in [5.74, 6) is 0. The van der Waals surface area contributed by atoms with Gasteiger partial charge in [-0.2, -0.15) is 0 Å². The molecule has 0 heterocycles. The van der Waals surface area contributed by atoms with Crippen molar-refractivity contribution in [3.05, 3.63) is 24.3 Å². The Balaban J connectivity index is 0. The van der Waals surface area contributed by atoms with Crippen molar-refractivity contribution in [3.63, 3.8) is 0 Å². The Bertz CT molecular complexity index is 278. The van der Waals surface area contributed by atoms with Crippen molar-refractivity contribution in [2.24, 2.45) is 0 Å². The van der Waals surface area contributed by atoms with E-state index in [1.54, 1.807) is 6.08 Å². The van der Waals surface area contributed by atoms with Gasteiger partial charge in [0.1, 0.15) is 6.29 Å². The van der Waals surface area contributed by atoms with E-state index in [4.69, 9.17) is 0 Å². The summed E-state index contributed by atoms with van der Waals surface area (Å²) in [6, 6.07) is 0. The summed E-state index contributed by atoms with van der Waals surface area (Å²) in [5.41, 5.74) is 0. The maximum atomic E-state index is 9.95. The standard InChI is InChI=1S/C13H24O.C11H22/c1-2-3-4-5-6-7-8-9-10-11-12-13-14;1-3-5-7-9-11-10-8-6-4-2/h11-13H,2-10H2,1H3;3,5H,4,6-11H2,1-2H3/b12-11+;. The van der Waals surface area contributed by atoms with Crippen LogP contribution in [0.2, 0.25) is 0 Å². The average Bonchev–Trinajstić information content (AvgIpc) is 2.63. The van der Waals surface area contributed by atoms with E-state index in [2.05, 4.69) is 32.9 Å². The normalized spacial score (nSPS) is 11.0. The molecule has 0 saturated carbocycles. The van der Waals surface area contributed by atoms with Gasteiger partial charge in [0.05, 0.1) is 0 Å². The van der Waals surface area contributed by atoms with Crippen LogP contribution >= 0.6 is 0 Å². The van der Waals surface area contributed by atoms with E-state index in [1.165, 1.54) is 96.3 Å². The zero-order chi connectivity index (χ0) is 18.8. The molecule has 0 aliphatic carbocycles. The number of rotatable bonds is 17. The lowest BCUT2D eigenvalue weighted by atomic mass is 10.1. The SMILES string of the molecule is CC=CCCCCCCCC.CCCCCCCCCC/C=C/C=O. The van der Waals surface area contributed by atoms with E-state index in [0.29, 0.717) is 0 Å². The Hall–Kier alpha value is -0.850. The molecule has 1 nitrogen and oxygen atoms in total. The van der Waals surface area contributed by atoms with E-state index in [9.17, 15) is 4.79 Å². The van der Waals surface area contributed by atoms with E-state index < -0.39 is 0 Å². The van der Waals surface area contributed by atoms with Crippen molar-refractivity contribution in [1.29, 1.82) is 0 Å². The second-order valence-electron chi connectivity index (χ2n) is 6.95. The van der Waals surface area contributed by atoms with E-state index >= 15 is 0 Å². The van der Waals surface area contributed by atoms with Gasteiger partial charge in [0.25, 0.3) is 0 Å². The number of hydrogen-bond donors (Lipinski definition) is 0. The van der Waals surface area contributed by atoms with Gasteiger partial charge in [-0.1, -0.05) is 109 Å². The third-order valence-corrected chi connectivity index (χ3v) is 4.40. The summed E-state index contributed by atoms with van der Waals surface area (Å²) in [4.78, 5) is 9.95. The fourth-order valence-corrected chi connectivity index (χ4v) is 2.76. The number of carbonyl (C=O) groups is 1. The molecule has 0 aromatic rings. The molecule has 1 heteroatoms. The van der Waals surface area contributed by atoms with Gasteiger partial charge in [0.2, 0.25) is 0 Å². The van der Waals surface area contributed by atoms with Crippen molar-refractivity contribution in [3.8, 4) is 0 Å². The summed E-state index contributed by atoms with van der Waals surface area (Å²) in [6.45, 7) is 6.61. The van der Waals surface area contributed by atoms with E-state index in [0.717, 1.165) is 12.7 Å². The fraction of sp³-hybridized carbons (Fsp3) is 0.792. The van der Waals surface area contributed by atoms with Crippen LogP contribution in [0, 0.1) is 0 Å². The Morgan fingerprint density at radius 2 is 0.960 bits per heavy atom. The number of hydrogen-bond acceptors (Lipinski definition) is 1. The minimum absolute atomic E-state index is 0.852. The molecular formula is C24H46O. The third-order valence-electron chi connectivity index (χ3n) is 4.40. The molecule has 0 aliphatic rings. The highest BCUT2D eigenvalue weighted by atomic mass is 16.1. The minimum Gasteiger partial charge on any atom is -0.299 e. The summed E-state index contributed by atoms with van der Waals surface area (Å²) in [7, 11) is 0. The second-order valence-corrected chi connectivity index (χ2v) is 6.95. The van der Waals surface area contributed by atoms with Crippen LogP contribution in [0.3, 0.4) is 0 Å². The fourth-order valence-electron chi connectivity index (χ4n) is 2.76. The monoisotopic (exact) mass is 350 g/mol. The number of carbonyl (C=O) groups excluding carboxylic acids is 1. The molecule has 0 saturated heterocycles. The molecule has 0 unspecified atom stereocenters. The molecule has 0 amide bonds. The largest absolute Gasteiger partial charge is 0.299 e. The second kappa shape index (κ2) is 28.0. The maximum Gasteiger partial charge on any atom is 0.142 e. The van der Waals surface area contributed by atoms with Crippen LogP contribution in [-0.4, -0.2) is 6.29 Å². The highest BCUT2D eigenvalue weighted by Crippen LogP contribution is 2.09. The number of aldehydes is 1. The highest BCUT2D eigenvalue weighted by Gasteiger charge is 1.90. The van der Waals surface area contributed by atoms with Gasteiger partial charge in [-0.25, -0.2) is 0 Å². The molecule has 0 fully saturated rings. The van der Waals surface area contributed by atoms with Gasteiger partial charge < -0.3 is 0 Å². The first-order chi connectivity index (χ1) is 12.3. The lowest BCUT2D eigenvalue weighted by molar-refractivity contribution is -0.104. The average molecular weight is 351 g/mol. The first-order valence-corrected chi connectivity index (χ1v) is 11.0. The third kappa shape index (κ3) is 31.4. The molecule has 0 bridgehead atoms. The van der Waals surface area contributed by atoms with Crippen molar-refractivity contribution >= 4 is 6.29 Å². The van der Waals surface area contributed by atoms with Gasteiger partial charge in [0.15, 0.2) is 0 Å². The first kappa shape index (κ1) is 26.4. The zero-order valence-corrected chi connectivity index (χ0v) is 17.6. The van der Waals surface area contributed by atoms with Crippen LogP contribution in [-0.2, 0) is 4.79 Å². The molecule has 0 aromatic heterocycles. The van der Waals surface area contributed by atoms with Crippen LogP contribution in [0.15, 0.2) is 24.3 Å². The van der Waals surface area contributed by atoms with Crippen LogP contribution in [0.4, 0.5) is 0 Å². The van der Waals surface area contributed by atoms with Crippen molar-refractivity contribution in [2.45, 2.75) is 124 Å². The molecular weight excluding hydrogens is 304 g/mol. The molecule has 0 spiro atoms. The molecule has 0 aliphatic heterocycles. The highest BCUT2D eigenvalue weighted by molar-refractivity contribution is 5.64. The Kier molecular flexibility index (Phi) is 29.5. The summed E-state index contributed by atoms with van der Waals surface area (Å²) >= 11 is 0. The van der Waals surface area contributed by atoms with Crippen LogP contribution in [0.1, 0.15) is 124 Å². The van der Waals surface area contributed by atoms with Crippen LogP contribution in [0.5, 0.6) is 0 Å². The number of unbranched alkanes of at least 4 members (excludes halogenated alkanes) is 14. The molecule has 0 rings (SSSR count). The predicted molar refractivity (Wildman–Crippen MR) is 115 cm³/mol. The van der Waals surface area contributed by atoms with Gasteiger partial charge in [0, 0.05) is 0 Å². The van der Waals surface area contributed by atoms with Gasteiger partial charge >= 0.3 is 0 Å². The maximum absolute atomic E-state index is 9.95. The van der Waals surface area contributed by atoms with Crippen LogP contribution < -0.4 is 0 Å². The van der Waals surface area contributed by atoms with Gasteiger partial charge in [-0.3, -0.25) is 4.79 Å². The summed E-state index contributed by atoms with van der Waals surface area (Å²) in [6.07, 6.45) is 30.4. The molecule has 148 valence electrons. The lowest BCUT2D eigenvalue weighted by Crippen LogP contribution is -1.79. The lowest BCUT2D eigenvalue weighted by Gasteiger charge is -1.99. The summed E-state index contributed by atoms with van der Waals surface area (Å²) < 4.78 is 0. The Morgan fingerprint density at radius 1 is 0.560 bits per heavy atom. The molecule has 0 aromatic carbocycles. The van der Waals surface area contributed by atoms with Crippen LogP contribution in [0.25, 0.3) is 0 Å². The number of allylic oxidation sites excluding steroid dienone is 4. The van der Waals surface area contributed by atoms with Crippen molar-refractivity contribution in [1.82, 2.24) is 0 Å². The van der Waals surface area contributed by atoms with Crippen molar-refractivity contribution in [2.75, 3.05) is 0 Å². The van der Waals surface area contributed by atoms with E-state index in [1.807, 2.05) is 6.08 Å². The molecule has 0 N–H and O–H groups in total. The Labute approximate surface area is 159 Å². The van der Waals surface area contributed by atoms with Gasteiger partial charge in [-0.05, 0) is 38.7 Å². The minimum atomic E-state index is 0.852. The van der Waals surface area contributed by atoms with Gasteiger partial charge in [-0.15, -0.1) is 0 Å². The quantitative estimate of drug-likeness (QED) is 0.111. The topological polar surface area (TPSA) is 17.1 Å². The van der Waals surface area contributed by atoms with E-state index in [-0.39, 0.29) is 0 Å². The molecule has 0 atom stereocenters. The predicted octanol–water partition coefficient (Wildman–Crippen LogP) is 8.59. The molecule has 0 radical (unpaired) electrons. The first-order valence-electron chi connectivity index (χ1n) is 11.0.